The molecule has 1 fully saturated rings. The van der Waals surface area contributed by atoms with Crippen LogP contribution in [0.4, 0.5) is 0 Å². The molecule has 1 aromatic rings. The van der Waals surface area contributed by atoms with E-state index in [0.717, 1.165) is 18.6 Å². The number of likely N-dealkylation sites (tertiary alicyclic amines) is 1. The first kappa shape index (κ1) is 16.8. The summed E-state index contributed by atoms with van der Waals surface area (Å²) in [6.45, 7) is 1.25. The molecule has 0 atom stereocenters. The van der Waals surface area contributed by atoms with Gasteiger partial charge in [-0.3, -0.25) is 9.59 Å². The van der Waals surface area contributed by atoms with Crippen LogP contribution in [0.3, 0.4) is 0 Å². The number of esters is 1. The zero-order valence-corrected chi connectivity index (χ0v) is 14.3. The van der Waals surface area contributed by atoms with Crippen molar-refractivity contribution >= 4 is 11.9 Å². The van der Waals surface area contributed by atoms with Crippen LogP contribution in [0.15, 0.2) is 18.2 Å². The molecule has 1 aliphatic heterocycles. The van der Waals surface area contributed by atoms with Gasteiger partial charge < -0.3 is 14.4 Å². The zero-order chi connectivity index (χ0) is 16.9. The third-order valence-electron chi connectivity index (χ3n) is 5.09. The number of piperidine rings is 1. The van der Waals surface area contributed by atoms with E-state index in [2.05, 4.69) is 6.07 Å². The average Bonchev–Trinajstić information content (AvgIpc) is 2.65. The Balaban J connectivity index is 1.53. The second-order valence-electron chi connectivity index (χ2n) is 6.57. The van der Waals surface area contributed by atoms with Crippen LogP contribution in [0.1, 0.15) is 36.8 Å². The summed E-state index contributed by atoms with van der Waals surface area (Å²) in [4.78, 5) is 25.7. The molecule has 130 valence electrons. The topological polar surface area (TPSA) is 55.8 Å². The van der Waals surface area contributed by atoms with Gasteiger partial charge in [0.2, 0.25) is 0 Å². The summed E-state index contributed by atoms with van der Waals surface area (Å²) in [6.07, 6.45) is 5.87. The molecule has 1 amide bonds. The van der Waals surface area contributed by atoms with E-state index in [9.17, 15) is 9.59 Å². The van der Waals surface area contributed by atoms with Crippen LogP contribution in [-0.4, -0.2) is 43.6 Å². The Bertz CT molecular complexity index is 605. The standard InChI is InChI=1S/C19H25NO4/c1-23-19(22)15-9-11-20(12-10-15)18(21)13-24-17-8-4-6-14-5-2-3-7-16(14)17/h4,6,8,15H,2-3,5,7,9-13H2,1H3. The first-order valence-electron chi connectivity index (χ1n) is 8.78. The highest BCUT2D eigenvalue weighted by Gasteiger charge is 2.28. The van der Waals surface area contributed by atoms with Crippen LogP contribution in [0, 0.1) is 5.92 Å². The number of methoxy groups -OCH3 is 1. The number of carbonyl (C=O) groups excluding carboxylic acids is 2. The van der Waals surface area contributed by atoms with E-state index in [-0.39, 0.29) is 24.4 Å². The molecule has 0 unspecified atom stereocenters. The first-order chi connectivity index (χ1) is 11.7. The van der Waals surface area contributed by atoms with E-state index >= 15 is 0 Å². The maximum absolute atomic E-state index is 12.4. The molecule has 5 heteroatoms. The largest absolute Gasteiger partial charge is 0.483 e. The number of benzene rings is 1. The van der Waals surface area contributed by atoms with Crippen molar-refractivity contribution in [3.63, 3.8) is 0 Å². The quantitative estimate of drug-likeness (QED) is 0.795. The summed E-state index contributed by atoms with van der Waals surface area (Å²) in [5.74, 6) is 0.590. The van der Waals surface area contributed by atoms with Gasteiger partial charge in [0.25, 0.3) is 5.91 Å². The normalized spacial score (nSPS) is 18.0. The number of hydrogen-bond donors (Lipinski definition) is 0. The van der Waals surface area contributed by atoms with E-state index in [1.54, 1.807) is 4.90 Å². The lowest BCUT2D eigenvalue weighted by Gasteiger charge is -2.30. The van der Waals surface area contributed by atoms with Crippen LogP contribution in [0.2, 0.25) is 0 Å². The Hall–Kier alpha value is -2.04. The van der Waals surface area contributed by atoms with Gasteiger partial charge in [0, 0.05) is 13.1 Å². The molecular weight excluding hydrogens is 306 g/mol. The summed E-state index contributed by atoms with van der Waals surface area (Å²) in [5, 5.41) is 0. The van der Waals surface area contributed by atoms with Crippen LogP contribution in [-0.2, 0) is 27.2 Å². The van der Waals surface area contributed by atoms with Gasteiger partial charge in [0.05, 0.1) is 13.0 Å². The lowest BCUT2D eigenvalue weighted by atomic mass is 9.91. The van der Waals surface area contributed by atoms with E-state index in [1.807, 2.05) is 12.1 Å². The minimum absolute atomic E-state index is 0.00766. The summed E-state index contributed by atoms with van der Waals surface area (Å²) >= 11 is 0. The molecule has 1 heterocycles. The zero-order valence-electron chi connectivity index (χ0n) is 14.3. The number of fused-ring (bicyclic) bond motifs is 1. The summed E-state index contributed by atoms with van der Waals surface area (Å²) in [7, 11) is 1.41. The fourth-order valence-corrected chi connectivity index (χ4v) is 3.64. The lowest BCUT2D eigenvalue weighted by molar-refractivity contribution is -0.149. The molecule has 24 heavy (non-hydrogen) atoms. The van der Waals surface area contributed by atoms with Gasteiger partial charge >= 0.3 is 5.97 Å². The fourth-order valence-electron chi connectivity index (χ4n) is 3.64. The molecule has 0 aromatic heterocycles. The van der Waals surface area contributed by atoms with Crippen molar-refractivity contribution in [3.8, 4) is 5.75 Å². The number of hydrogen-bond acceptors (Lipinski definition) is 4. The highest BCUT2D eigenvalue weighted by molar-refractivity contribution is 5.78. The van der Waals surface area contributed by atoms with Crippen LogP contribution >= 0.6 is 0 Å². The predicted octanol–water partition coefficient (Wildman–Crippen LogP) is 2.36. The third kappa shape index (κ3) is 3.71. The third-order valence-corrected chi connectivity index (χ3v) is 5.09. The van der Waals surface area contributed by atoms with Crippen LogP contribution < -0.4 is 4.74 Å². The number of aryl methyl sites for hydroxylation is 1. The minimum atomic E-state index is -0.172. The molecule has 0 bridgehead atoms. The lowest BCUT2D eigenvalue weighted by Crippen LogP contribution is -2.42. The van der Waals surface area contributed by atoms with Crippen molar-refractivity contribution in [1.82, 2.24) is 4.90 Å². The Morgan fingerprint density at radius 3 is 2.67 bits per heavy atom. The smallest absolute Gasteiger partial charge is 0.308 e. The molecule has 1 aliphatic carbocycles. The fraction of sp³-hybridized carbons (Fsp3) is 0.579. The molecule has 0 spiro atoms. The molecule has 0 N–H and O–H groups in total. The number of carbonyl (C=O) groups is 2. The van der Waals surface area contributed by atoms with E-state index in [4.69, 9.17) is 9.47 Å². The molecular formula is C19H25NO4. The number of nitrogens with zero attached hydrogens (tertiary/aromatic N) is 1. The molecule has 3 rings (SSSR count). The van der Waals surface area contributed by atoms with Crippen molar-refractivity contribution in [2.45, 2.75) is 38.5 Å². The van der Waals surface area contributed by atoms with Crippen LogP contribution in [0.25, 0.3) is 0 Å². The molecule has 2 aliphatic rings. The molecule has 0 saturated carbocycles. The highest BCUT2D eigenvalue weighted by Crippen LogP contribution is 2.29. The Morgan fingerprint density at radius 2 is 1.92 bits per heavy atom. The number of ether oxygens (including phenoxy) is 2. The second kappa shape index (κ2) is 7.69. The van der Waals surface area contributed by atoms with Gasteiger partial charge in [-0.05, 0) is 55.7 Å². The van der Waals surface area contributed by atoms with Gasteiger partial charge in [-0.2, -0.15) is 0 Å². The molecule has 0 radical (unpaired) electrons. The van der Waals surface area contributed by atoms with E-state index in [1.165, 1.54) is 31.1 Å². The molecule has 1 saturated heterocycles. The van der Waals surface area contributed by atoms with Gasteiger partial charge in [-0.25, -0.2) is 0 Å². The monoisotopic (exact) mass is 331 g/mol. The van der Waals surface area contributed by atoms with E-state index in [0.29, 0.717) is 25.9 Å². The summed E-state index contributed by atoms with van der Waals surface area (Å²) in [5.41, 5.74) is 2.62. The van der Waals surface area contributed by atoms with Crippen LogP contribution in [0.5, 0.6) is 5.75 Å². The van der Waals surface area contributed by atoms with Gasteiger partial charge in [0.15, 0.2) is 6.61 Å². The Labute approximate surface area is 142 Å². The van der Waals surface area contributed by atoms with Gasteiger partial charge in [0.1, 0.15) is 5.75 Å². The van der Waals surface area contributed by atoms with Gasteiger partial charge in [-0.1, -0.05) is 12.1 Å². The Kier molecular flexibility index (Phi) is 5.38. The van der Waals surface area contributed by atoms with Crippen molar-refractivity contribution in [2.24, 2.45) is 5.92 Å². The van der Waals surface area contributed by atoms with Crippen molar-refractivity contribution in [3.05, 3.63) is 29.3 Å². The minimum Gasteiger partial charge on any atom is -0.483 e. The van der Waals surface area contributed by atoms with E-state index < -0.39 is 0 Å². The maximum Gasteiger partial charge on any atom is 0.308 e. The van der Waals surface area contributed by atoms with Crippen molar-refractivity contribution in [2.75, 3.05) is 26.8 Å². The summed E-state index contributed by atoms with van der Waals surface area (Å²) < 4.78 is 10.6. The molecule has 1 aromatic carbocycles. The Morgan fingerprint density at radius 1 is 1.17 bits per heavy atom. The van der Waals surface area contributed by atoms with Gasteiger partial charge in [-0.15, -0.1) is 0 Å². The summed E-state index contributed by atoms with van der Waals surface area (Å²) in [6, 6.07) is 6.12. The van der Waals surface area contributed by atoms with Crippen molar-refractivity contribution < 1.29 is 19.1 Å². The maximum atomic E-state index is 12.4. The SMILES string of the molecule is COC(=O)C1CCN(C(=O)COc2cccc3c2CCCC3)CC1. The second-order valence-corrected chi connectivity index (χ2v) is 6.57. The highest BCUT2D eigenvalue weighted by atomic mass is 16.5. The predicted molar refractivity (Wildman–Crippen MR) is 89.9 cm³/mol. The first-order valence-corrected chi connectivity index (χ1v) is 8.78. The van der Waals surface area contributed by atoms with Crippen molar-refractivity contribution in [1.29, 1.82) is 0 Å². The molecule has 5 nitrogen and oxygen atoms in total. The number of rotatable bonds is 4. The average molecular weight is 331 g/mol. The number of amides is 1.